The molecule has 129 heavy (non-hydrogen) atoms. The van der Waals surface area contributed by atoms with Crippen LogP contribution < -0.4 is 15.0 Å². The Morgan fingerprint density at radius 3 is 1.46 bits per heavy atom. The lowest BCUT2D eigenvalue weighted by atomic mass is 10.1. The summed E-state index contributed by atoms with van der Waals surface area (Å²) in [5.41, 5.74) is 19.2. The van der Waals surface area contributed by atoms with Gasteiger partial charge in [0.05, 0.1) is 34.0 Å². The van der Waals surface area contributed by atoms with E-state index < -0.39 is 0 Å². The van der Waals surface area contributed by atoms with E-state index in [1.165, 1.54) is 90.0 Å². The Balaban J connectivity index is 0.000000213. The molecule has 662 valence electrons. The number of nitrogens with zero attached hydrogens (tertiary/aromatic N) is 18. The first-order chi connectivity index (χ1) is 62.5. The van der Waals surface area contributed by atoms with Crippen LogP contribution in [-0.4, -0.2) is 102 Å². The molecule has 0 unspecified atom stereocenters. The number of aromatic nitrogens is 18. The summed E-state index contributed by atoms with van der Waals surface area (Å²) in [6, 6.07) is 71.2. The lowest BCUT2D eigenvalue weighted by Crippen LogP contribution is -2.15. The quantitative estimate of drug-likeness (QED) is 0.136. The number of hydrogen-bond donors (Lipinski definition) is 0. The molecule has 0 radical (unpaired) electrons. The van der Waals surface area contributed by atoms with E-state index in [0.717, 1.165) is 73.4 Å². The molecule has 0 N–H and O–H groups in total. The van der Waals surface area contributed by atoms with Crippen molar-refractivity contribution >= 4 is 49.8 Å². The predicted molar refractivity (Wildman–Crippen MR) is 522 cm³/mol. The highest BCUT2D eigenvalue weighted by Gasteiger charge is 2.10. The number of rotatable bonds is 0. The summed E-state index contributed by atoms with van der Waals surface area (Å²) >= 11 is 1.78. The number of aryl methyl sites for hydroxylation is 17. The Labute approximate surface area is 761 Å². The van der Waals surface area contributed by atoms with Crippen LogP contribution in [0.5, 0.6) is 11.5 Å². The standard InChI is InChI=1S/2C10H9N.C9H8N2.C9H10O2.C8H8N2.C6H7NO.C6H9N.3C6H7N.3C5H6N2.C5H6O.C5H6S.C4H5NO/c1-8-4-5-10-9(7-8)3-2-6-11-10;1-8-6-9-4-2-3-5-10(9)11-7-8;2*1-7-2-3-8-9(6-7)11-5-4-10-8;1-7-2-3-8-9-4-5-10(8)6-7;1-7-5-3-2-4-6(7)8;1-6-4-3-5-7(6)2;1-6-2-4-7-5-3-6;1-6-3-2-4-7-5-6;1-6-4-2-3-5-7-6;1-5-2-6-4-7-3-5;1-5-2-3-6-4-7-5;1-5-6-3-2-4-7-5;2*1-5-3-2-4-6-5;1-4-2-6-3-5-4/h2*2-7H,1H3;2-6H,1H3;2-3,6H,4-5H2,1H3;2-6H,1H3;2-5H,1H3;3-5H,1-2H3;3*2-5H,1H3;3*2-4H,1H3;2*2-4H,1H3;2-3H,1H3. The van der Waals surface area contributed by atoms with Crippen molar-refractivity contribution in [1.29, 1.82) is 0 Å². The van der Waals surface area contributed by atoms with Gasteiger partial charge in [0.15, 0.2) is 17.9 Å². The molecule has 1 aliphatic rings. The number of furan rings is 1. The number of fused-ring (bicyclic) bond motifs is 5. The molecule has 0 fully saturated rings. The summed E-state index contributed by atoms with van der Waals surface area (Å²) in [6.07, 6.45) is 42.1. The average Bonchev–Trinajstić information content (AvgIpc) is 1.65. The van der Waals surface area contributed by atoms with E-state index in [9.17, 15) is 4.79 Å². The van der Waals surface area contributed by atoms with Crippen molar-refractivity contribution in [3.8, 4) is 11.5 Å². The Morgan fingerprint density at radius 1 is 0.341 bits per heavy atom. The molecule has 0 saturated carbocycles. The van der Waals surface area contributed by atoms with Crippen molar-refractivity contribution < 1.29 is 18.3 Å². The normalized spacial score (nSPS) is 9.84. The second kappa shape index (κ2) is 60.9. The molecule has 21 rings (SSSR count). The Hall–Kier alpha value is -15.6. The molecule has 0 saturated heterocycles. The maximum absolute atomic E-state index is 10.6. The summed E-state index contributed by atoms with van der Waals surface area (Å²) in [6.45, 7) is 31.4. The van der Waals surface area contributed by atoms with Crippen LogP contribution in [-0.2, 0) is 14.1 Å². The Kier molecular flexibility index (Phi) is 48.3. The van der Waals surface area contributed by atoms with E-state index in [1.54, 1.807) is 124 Å². The zero-order valence-electron chi connectivity index (χ0n) is 76.6. The largest absolute Gasteiger partial charge is 0.486 e. The van der Waals surface area contributed by atoms with Crippen molar-refractivity contribution in [2.24, 2.45) is 14.1 Å². The van der Waals surface area contributed by atoms with Crippen molar-refractivity contribution in [2.45, 2.75) is 104 Å². The van der Waals surface area contributed by atoms with E-state index in [1.807, 2.05) is 257 Å². The molecule has 0 aliphatic carbocycles. The fourth-order valence-electron chi connectivity index (χ4n) is 10.1. The molecule has 20 aromatic rings. The van der Waals surface area contributed by atoms with Crippen LogP contribution in [0.3, 0.4) is 0 Å². The molecule has 17 heterocycles. The summed E-state index contributed by atoms with van der Waals surface area (Å²) < 4.78 is 25.8. The molecule has 0 amide bonds. The van der Waals surface area contributed by atoms with Gasteiger partial charge >= 0.3 is 0 Å². The zero-order valence-corrected chi connectivity index (χ0v) is 77.4. The molecule has 0 atom stereocenters. The third kappa shape index (κ3) is 45.6. The summed E-state index contributed by atoms with van der Waals surface area (Å²) in [5, 5.41) is 4.51. The summed E-state index contributed by atoms with van der Waals surface area (Å²) in [7, 11) is 3.76. The van der Waals surface area contributed by atoms with Gasteiger partial charge in [-0.05, 0) is 288 Å². The van der Waals surface area contributed by atoms with Gasteiger partial charge < -0.3 is 31.8 Å². The third-order valence-electron chi connectivity index (χ3n) is 17.0. The van der Waals surface area contributed by atoms with Gasteiger partial charge in [-0.3, -0.25) is 39.7 Å². The number of pyridine rings is 7. The first-order valence-electron chi connectivity index (χ1n) is 41.4. The van der Waals surface area contributed by atoms with E-state index in [0.29, 0.717) is 13.2 Å². The van der Waals surface area contributed by atoms with Gasteiger partial charge in [-0.2, -0.15) is 0 Å². The molecule has 1 aliphatic heterocycles. The number of hydrogen-bond acceptors (Lipinski definition) is 21. The number of para-hydroxylation sites is 1. The van der Waals surface area contributed by atoms with Crippen LogP contribution >= 0.6 is 11.3 Å². The van der Waals surface area contributed by atoms with Crippen LogP contribution in [0.4, 0.5) is 0 Å². The van der Waals surface area contributed by atoms with Crippen LogP contribution in [0.15, 0.2) is 387 Å². The average molecular weight is 1740 g/mol. The molecular weight excluding hydrogens is 1630 g/mol. The van der Waals surface area contributed by atoms with Gasteiger partial charge in [-0.15, -0.1) is 11.3 Å². The highest BCUT2D eigenvalue weighted by molar-refractivity contribution is 7.09. The fraction of sp³-hybridized carbons (Fsp3) is 0.181. The van der Waals surface area contributed by atoms with E-state index >= 15 is 0 Å². The molecule has 0 spiro atoms. The van der Waals surface area contributed by atoms with Gasteiger partial charge in [0.1, 0.15) is 49.4 Å². The second-order valence-electron chi connectivity index (χ2n) is 28.6. The SMILES string of the molecule is Cc1ccc2c(c1)OCCO2.Cc1ccc2ncccc2c1.Cc1ccc2nccn2c1.Cc1ccc2nccnc2c1.Cc1ccccn1.Cc1cccn1C.Cc1cccnc1.Cc1ccco1.Cc1cccs1.Cc1ccncc1.Cc1ccncn1.Cc1cnc2ccccc2c1.Cc1cncnc1.Cc1cocn1.Cc1ncccn1.Cn1ccccc1=O. The third-order valence-corrected chi connectivity index (χ3v) is 17.8. The molecular formula is C105H116N18O5S. The smallest absolute Gasteiger partial charge is 0.250 e. The highest BCUT2D eigenvalue weighted by atomic mass is 32.1. The fourth-order valence-corrected chi connectivity index (χ4v) is 10.6. The van der Waals surface area contributed by atoms with Crippen molar-refractivity contribution in [1.82, 2.24) is 88.3 Å². The topological polar surface area (TPSA) is 269 Å². The zero-order chi connectivity index (χ0) is 92.9. The van der Waals surface area contributed by atoms with Crippen LogP contribution in [0.25, 0.3) is 38.5 Å². The van der Waals surface area contributed by atoms with Gasteiger partial charge in [-0.1, -0.05) is 78.4 Å². The summed E-state index contributed by atoms with van der Waals surface area (Å²) in [5.74, 6) is 3.52. The van der Waals surface area contributed by atoms with Gasteiger partial charge in [0.2, 0.25) is 5.56 Å². The highest BCUT2D eigenvalue weighted by Crippen LogP contribution is 2.30. The van der Waals surface area contributed by atoms with Crippen LogP contribution in [0.2, 0.25) is 0 Å². The first kappa shape index (κ1) is 102. The molecule has 16 aromatic heterocycles. The van der Waals surface area contributed by atoms with E-state index in [-0.39, 0.29) is 5.56 Å². The molecule has 24 heteroatoms. The molecule has 0 bridgehead atoms. The Bertz CT molecular complexity index is 5750. The van der Waals surface area contributed by atoms with E-state index in [4.69, 9.17) is 13.9 Å². The number of ether oxygens (including phenoxy) is 2. The van der Waals surface area contributed by atoms with Crippen molar-refractivity contribution in [3.05, 3.63) is 467 Å². The number of imidazole rings is 1. The van der Waals surface area contributed by atoms with Gasteiger partial charge in [-0.25, -0.2) is 39.9 Å². The van der Waals surface area contributed by atoms with E-state index in [2.05, 4.69) is 185 Å². The second-order valence-corrected chi connectivity index (χ2v) is 29.7. The minimum absolute atomic E-state index is 0.0347. The predicted octanol–water partition coefficient (Wildman–Crippen LogP) is 23.3. The number of thiophene rings is 1. The first-order valence-corrected chi connectivity index (χ1v) is 42.2. The lowest BCUT2D eigenvalue weighted by molar-refractivity contribution is 0.171. The number of oxazole rings is 1. The maximum Gasteiger partial charge on any atom is 0.250 e. The molecule has 4 aromatic carbocycles. The minimum Gasteiger partial charge on any atom is -0.486 e. The monoisotopic (exact) mass is 1740 g/mol. The van der Waals surface area contributed by atoms with Gasteiger partial charge in [0.25, 0.3) is 0 Å². The number of benzene rings is 4. The van der Waals surface area contributed by atoms with Crippen LogP contribution in [0.1, 0.15) is 83.7 Å². The van der Waals surface area contributed by atoms with Crippen LogP contribution in [0, 0.1) is 104 Å². The maximum atomic E-state index is 10.6. The lowest BCUT2D eigenvalue weighted by Gasteiger charge is -2.18. The van der Waals surface area contributed by atoms with Crippen molar-refractivity contribution in [2.75, 3.05) is 13.2 Å². The molecule has 23 nitrogen and oxygen atoms in total. The van der Waals surface area contributed by atoms with Crippen molar-refractivity contribution in [3.63, 3.8) is 0 Å². The Morgan fingerprint density at radius 2 is 0.961 bits per heavy atom. The minimum atomic E-state index is 0.0347. The summed E-state index contributed by atoms with van der Waals surface area (Å²) in [4.78, 5) is 71.3. The van der Waals surface area contributed by atoms with Gasteiger partial charge in [0, 0.05) is 171 Å².